The second-order valence-electron chi connectivity index (χ2n) is 5.39. The molecule has 1 aliphatic heterocycles. The second-order valence-corrected chi connectivity index (χ2v) is 5.39. The Balaban J connectivity index is 1.59. The molecule has 3 N–H and O–H groups in total. The lowest BCUT2D eigenvalue weighted by atomic mass is 10.2. The van der Waals surface area contributed by atoms with E-state index in [1.807, 2.05) is 18.2 Å². The van der Waals surface area contributed by atoms with E-state index in [1.54, 1.807) is 0 Å². The minimum atomic E-state index is -0.535. The van der Waals surface area contributed by atoms with Gasteiger partial charge in [0.25, 0.3) is 5.91 Å². The normalized spacial score (nSPS) is 18.5. The zero-order valence-corrected chi connectivity index (χ0v) is 12.7. The van der Waals surface area contributed by atoms with Crippen molar-refractivity contribution < 1.29 is 9.53 Å². The van der Waals surface area contributed by atoms with Crippen LogP contribution in [0.3, 0.4) is 0 Å². The molecule has 0 spiro atoms. The number of hydrogen-bond donors (Lipinski definition) is 2. The smallest absolute Gasteiger partial charge is 0.254 e. The predicted octanol–water partition coefficient (Wildman–Crippen LogP) is 0.898. The van der Waals surface area contributed by atoms with E-state index in [4.69, 9.17) is 10.5 Å². The highest BCUT2D eigenvalue weighted by Gasteiger charge is 2.27. The average molecular weight is 313 g/mol. The van der Waals surface area contributed by atoms with Crippen LogP contribution in [-0.2, 0) is 16.1 Å². The Bertz CT molecular complexity index is 665. The largest absolute Gasteiger partial charge is 0.382 e. The summed E-state index contributed by atoms with van der Waals surface area (Å²) >= 11 is 0. The molecule has 1 aromatic carbocycles. The predicted molar refractivity (Wildman–Crippen MR) is 86.5 cm³/mol. The van der Waals surface area contributed by atoms with Crippen LogP contribution < -0.4 is 11.1 Å². The number of morpholine rings is 1. The van der Waals surface area contributed by atoms with Crippen molar-refractivity contribution in [3.05, 3.63) is 48.4 Å². The number of carbonyl (C=O) groups excluding carboxylic acids is 1. The maximum Gasteiger partial charge on any atom is 0.254 e. The summed E-state index contributed by atoms with van der Waals surface area (Å²) in [5, 5.41) is 2.72. The van der Waals surface area contributed by atoms with Crippen LogP contribution in [0.1, 0.15) is 5.56 Å². The molecular weight excluding hydrogens is 294 g/mol. The number of benzene rings is 1. The van der Waals surface area contributed by atoms with Crippen LogP contribution in [0.5, 0.6) is 0 Å². The monoisotopic (exact) mass is 313 g/mol. The van der Waals surface area contributed by atoms with E-state index in [0.717, 1.165) is 13.1 Å². The molecule has 1 fully saturated rings. The fourth-order valence-corrected chi connectivity index (χ4v) is 2.50. The van der Waals surface area contributed by atoms with Crippen molar-refractivity contribution >= 4 is 17.4 Å². The van der Waals surface area contributed by atoms with Crippen LogP contribution in [0.2, 0.25) is 0 Å². The third-order valence-corrected chi connectivity index (χ3v) is 3.69. The minimum Gasteiger partial charge on any atom is -0.382 e. The summed E-state index contributed by atoms with van der Waals surface area (Å²) in [5.74, 6) is 0.00885. The molecule has 0 bridgehead atoms. The van der Waals surface area contributed by atoms with Crippen molar-refractivity contribution in [1.29, 1.82) is 0 Å². The fraction of sp³-hybridized carbons (Fsp3) is 0.312. The van der Waals surface area contributed by atoms with Crippen LogP contribution in [-0.4, -0.2) is 46.6 Å². The second kappa shape index (κ2) is 7.17. The molecule has 1 amide bonds. The molecule has 0 aliphatic carbocycles. The number of nitrogen functional groups attached to an aromatic ring is 1. The van der Waals surface area contributed by atoms with Crippen LogP contribution in [0.15, 0.2) is 42.9 Å². The Labute approximate surface area is 134 Å². The number of nitrogens with two attached hydrogens (primary N) is 1. The van der Waals surface area contributed by atoms with Crippen LogP contribution in [0, 0.1) is 0 Å². The van der Waals surface area contributed by atoms with Crippen LogP contribution in [0.25, 0.3) is 0 Å². The molecule has 120 valence electrons. The van der Waals surface area contributed by atoms with E-state index < -0.39 is 6.10 Å². The lowest BCUT2D eigenvalue weighted by Crippen LogP contribution is -2.47. The number of anilines is 2. The van der Waals surface area contributed by atoms with Crippen molar-refractivity contribution in [3.63, 3.8) is 0 Å². The number of nitrogens with zero attached hydrogens (tertiary/aromatic N) is 3. The molecule has 0 radical (unpaired) electrons. The van der Waals surface area contributed by atoms with Crippen molar-refractivity contribution in [3.8, 4) is 0 Å². The van der Waals surface area contributed by atoms with E-state index in [9.17, 15) is 4.79 Å². The van der Waals surface area contributed by atoms with Gasteiger partial charge in [-0.2, -0.15) is 0 Å². The Morgan fingerprint density at radius 3 is 3.00 bits per heavy atom. The maximum absolute atomic E-state index is 12.3. The third kappa shape index (κ3) is 4.02. The number of aromatic nitrogens is 2. The van der Waals surface area contributed by atoms with Crippen LogP contribution in [0.4, 0.5) is 11.5 Å². The molecule has 1 atom stereocenters. The van der Waals surface area contributed by atoms with Gasteiger partial charge in [-0.15, -0.1) is 0 Å². The summed E-state index contributed by atoms with van der Waals surface area (Å²) < 4.78 is 5.58. The van der Waals surface area contributed by atoms with E-state index in [0.29, 0.717) is 18.8 Å². The Morgan fingerprint density at radius 2 is 2.22 bits per heavy atom. The van der Waals surface area contributed by atoms with Gasteiger partial charge >= 0.3 is 0 Å². The van der Waals surface area contributed by atoms with Gasteiger partial charge in [0.15, 0.2) is 5.82 Å². The average Bonchev–Trinajstić information content (AvgIpc) is 2.58. The maximum atomic E-state index is 12.3. The van der Waals surface area contributed by atoms with Crippen molar-refractivity contribution in [1.82, 2.24) is 14.9 Å². The van der Waals surface area contributed by atoms with Gasteiger partial charge < -0.3 is 15.8 Å². The number of carbonyl (C=O) groups is 1. The van der Waals surface area contributed by atoms with Gasteiger partial charge in [-0.05, 0) is 5.56 Å². The lowest BCUT2D eigenvalue weighted by molar-refractivity contribution is -0.133. The highest BCUT2D eigenvalue weighted by Crippen LogP contribution is 2.15. The first kappa shape index (κ1) is 15.4. The summed E-state index contributed by atoms with van der Waals surface area (Å²) in [5.41, 5.74) is 7.33. The molecule has 0 unspecified atom stereocenters. The number of nitrogens with one attached hydrogen (secondary N) is 1. The first-order valence-corrected chi connectivity index (χ1v) is 7.46. The molecule has 3 rings (SSSR count). The zero-order chi connectivity index (χ0) is 16.1. The summed E-state index contributed by atoms with van der Waals surface area (Å²) in [6, 6.07) is 10.2. The number of ether oxygens (including phenoxy) is 1. The van der Waals surface area contributed by atoms with Gasteiger partial charge in [0.05, 0.1) is 12.8 Å². The first-order valence-electron chi connectivity index (χ1n) is 7.46. The summed E-state index contributed by atoms with van der Waals surface area (Å²) in [4.78, 5) is 22.3. The highest BCUT2D eigenvalue weighted by atomic mass is 16.5. The third-order valence-electron chi connectivity index (χ3n) is 3.69. The summed E-state index contributed by atoms with van der Waals surface area (Å²) in [7, 11) is 0. The summed E-state index contributed by atoms with van der Waals surface area (Å²) in [6.45, 7) is 2.65. The standard InChI is InChI=1S/C16H19N5O2/c17-15-13(8-18-11-19-15)20-16(22)14-10-21(6-7-23-14)9-12-4-2-1-3-5-12/h1-5,8,11,14H,6-7,9-10H2,(H,20,22)(H2,17,18,19)/t14-/m0/s1. The van der Waals surface area contributed by atoms with Crippen molar-refractivity contribution in [2.24, 2.45) is 0 Å². The highest BCUT2D eigenvalue weighted by molar-refractivity contribution is 5.96. The SMILES string of the molecule is Nc1ncncc1NC(=O)[C@@H]1CN(Cc2ccccc2)CCO1. The van der Waals surface area contributed by atoms with Gasteiger partial charge in [-0.1, -0.05) is 30.3 Å². The topological polar surface area (TPSA) is 93.4 Å². The molecule has 1 saturated heterocycles. The first-order chi connectivity index (χ1) is 11.2. The molecule has 2 aromatic rings. The Hall–Kier alpha value is -2.51. The molecule has 7 nitrogen and oxygen atoms in total. The van der Waals surface area contributed by atoms with Crippen molar-refractivity contribution in [2.45, 2.75) is 12.6 Å². The molecule has 0 saturated carbocycles. The molecular formula is C16H19N5O2. The molecule has 7 heteroatoms. The quantitative estimate of drug-likeness (QED) is 0.871. The molecule has 2 heterocycles. The minimum absolute atomic E-state index is 0.232. The number of hydrogen-bond acceptors (Lipinski definition) is 6. The van der Waals surface area contributed by atoms with E-state index in [1.165, 1.54) is 18.1 Å². The zero-order valence-electron chi connectivity index (χ0n) is 12.7. The van der Waals surface area contributed by atoms with E-state index >= 15 is 0 Å². The van der Waals surface area contributed by atoms with Crippen molar-refractivity contribution in [2.75, 3.05) is 30.7 Å². The Kier molecular flexibility index (Phi) is 4.80. The fourth-order valence-electron chi connectivity index (χ4n) is 2.50. The van der Waals surface area contributed by atoms with Gasteiger partial charge in [-0.3, -0.25) is 9.69 Å². The van der Waals surface area contributed by atoms with Gasteiger partial charge in [-0.25, -0.2) is 9.97 Å². The van der Waals surface area contributed by atoms with Gasteiger partial charge in [0.1, 0.15) is 18.1 Å². The Morgan fingerprint density at radius 1 is 1.39 bits per heavy atom. The summed E-state index contributed by atoms with van der Waals surface area (Å²) in [6.07, 6.45) is 2.28. The van der Waals surface area contributed by atoms with Gasteiger partial charge in [0.2, 0.25) is 0 Å². The van der Waals surface area contributed by atoms with E-state index in [-0.39, 0.29) is 11.7 Å². The number of amides is 1. The molecule has 1 aliphatic rings. The molecule has 23 heavy (non-hydrogen) atoms. The van der Waals surface area contributed by atoms with Crippen LogP contribution >= 0.6 is 0 Å². The van der Waals surface area contributed by atoms with E-state index in [2.05, 4.69) is 32.3 Å². The molecule has 1 aromatic heterocycles. The number of rotatable bonds is 4. The van der Waals surface area contributed by atoms with Gasteiger partial charge in [0, 0.05) is 19.6 Å². The lowest BCUT2D eigenvalue weighted by Gasteiger charge is -2.32.